The number of phenolic OH excluding ortho intramolecular Hbond substituents is 1. The number of para-hydroxylation sites is 1. The second-order valence-electron chi connectivity index (χ2n) is 4.80. The van der Waals surface area contributed by atoms with Crippen LogP contribution < -0.4 is 14.8 Å². The van der Waals surface area contributed by atoms with Crippen LogP contribution in [-0.4, -0.2) is 24.7 Å². The van der Waals surface area contributed by atoms with Crippen molar-refractivity contribution in [1.29, 1.82) is 0 Å². The molecule has 6 heteroatoms. The van der Waals surface area contributed by atoms with Gasteiger partial charge >= 0.3 is 0 Å². The van der Waals surface area contributed by atoms with Crippen molar-refractivity contribution in [2.24, 2.45) is 0 Å². The third-order valence-electron chi connectivity index (χ3n) is 3.11. The summed E-state index contributed by atoms with van der Waals surface area (Å²) in [6.07, 6.45) is 0.771. The van der Waals surface area contributed by atoms with Crippen molar-refractivity contribution in [1.82, 2.24) is 0 Å². The quantitative estimate of drug-likeness (QED) is 0.854. The number of nitrogens with one attached hydrogen (secondary N) is 1. The second-order valence-corrected chi connectivity index (χ2v) is 4.80. The third kappa shape index (κ3) is 3.91. The number of anilines is 1. The van der Waals surface area contributed by atoms with Gasteiger partial charge in [-0.15, -0.1) is 0 Å². The van der Waals surface area contributed by atoms with E-state index in [2.05, 4.69) is 5.32 Å². The van der Waals surface area contributed by atoms with Gasteiger partial charge in [-0.05, 0) is 30.7 Å². The lowest BCUT2D eigenvalue weighted by Gasteiger charge is -2.11. The van der Waals surface area contributed by atoms with E-state index in [-0.39, 0.29) is 28.5 Å². The van der Waals surface area contributed by atoms with Gasteiger partial charge in [0.2, 0.25) is 0 Å². The molecule has 0 atom stereocenters. The van der Waals surface area contributed by atoms with Crippen LogP contribution in [0.4, 0.5) is 10.1 Å². The van der Waals surface area contributed by atoms with Gasteiger partial charge in [-0.25, -0.2) is 4.39 Å². The van der Waals surface area contributed by atoms with Crippen molar-refractivity contribution in [3.8, 4) is 17.2 Å². The zero-order valence-electron chi connectivity index (χ0n) is 12.9. The van der Waals surface area contributed by atoms with Gasteiger partial charge in [0.05, 0.1) is 19.3 Å². The number of benzene rings is 2. The van der Waals surface area contributed by atoms with E-state index >= 15 is 0 Å². The van der Waals surface area contributed by atoms with E-state index in [0.29, 0.717) is 6.61 Å². The minimum atomic E-state index is -0.567. The molecule has 2 N–H and O–H groups in total. The first-order valence-electron chi connectivity index (χ1n) is 7.16. The van der Waals surface area contributed by atoms with Crippen LogP contribution in [0.5, 0.6) is 17.2 Å². The van der Waals surface area contributed by atoms with Gasteiger partial charge in [0, 0.05) is 11.8 Å². The van der Waals surface area contributed by atoms with Crippen LogP contribution in [-0.2, 0) is 0 Å². The van der Waals surface area contributed by atoms with E-state index in [1.807, 2.05) is 6.92 Å². The number of ether oxygens (including phenoxy) is 2. The predicted molar refractivity (Wildman–Crippen MR) is 84.8 cm³/mol. The molecule has 2 rings (SSSR count). The second kappa shape index (κ2) is 7.49. The molecule has 23 heavy (non-hydrogen) atoms. The topological polar surface area (TPSA) is 67.8 Å². The lowest BCUT2D eigenvalue weighted by atomic mass is 10.1. The highest BCUT2D eigenvalue weighted by molar-refractivity contribution is 6.06. The minimum Gasteiger partial charge on any atom is -0.504 e. The van der Waals surface area contributed by atoms with E-state index in [9.17, 15) is 14.3 Å². The van der Waals surface area contributed by atoms with Crippen molar-refractivity contribution in [2.75, 3.05) is 19.0 Å². The Balaban J connectivity index is 2.16. The molecule has 0 fully saturated rings. The summed E-state index contributed by atoms with van der Waals surface area (Å²) in [5.74, 6) is -1.08. The number of aromatic hydroxyl groups is 1. The van der Waals surface area contributed by atoms with Gasteiger partial charge in [0.25, 0.3) is 5.91 Å². The zero-order chi connectivity index (χ0) is 16.8. The van der Waals surface area contributed by atoms with Crippen LogP contribution in [0, 0.1) is 5.82 Å². The Labute approximate surface area is 133 Å². The van der Waals surface area contributed by atoms with Gasteiger partial charge in [0.1, 0.15) is 0 Å². The SMILES string of the molecule is CCCOc1ccc(NC(=O)c2cccc(OC)c2O)cc1F. The number of rotatable bonds is 6. The first-order chi connectivity index (χ1) is 11.1. The van der Waals surface area contributed by atoms with Gasteiger partial charge in [-0.1, -0.05) is 13.0 Å². The number of hydrogen-bond donors (Lipinski definition) is 2. The number of hydrogen-bond acceptors (Lipinski definition) is 4. The van der Waals surface area contributed by atoms with Gasteiger partial charge in [-0.2, -0.15) is 0 Å². The van der Waals surface area contributed by atoms with Crippen molar-refractivity contribution in [3.63, 3.8) is 0 Å². The molecule has 0 saturated heterocycles. The molecule has 0 saturated carbocycles. The summed E-state index contributed by atoms with van der Waals surface area (Å²) >= 11 is 0. The first kappa shape index (κ1) is 16.6. The maximum absolute atomic E-state index is 13.9. The molecular formula is C17H18FNO4. The van der Waals surface area contributed by atoms with E-state index in [4.69, 9.17) is 9.47 Å². The molecule has 5 nitrogen and oxygen atoms in total. The highest BCUT2D eigenvalue weighted by atomic mass is 19.1. The summed E-state index contributed by atoms with van der Waals surface area (Å²) in [4.78, 5) is 12.2. The fourth-order valence-electron chi connectivity index (χ4n) is 1.98. The summed E-state index contributed by atoms with van der Waals surface area (Å²) in [7, 11) is 1.39. The van der Waals surface area contributed by atoms with E-state index in [1.54, 1.807) is 6.07 Å². The summed E-state index contributed by atoms with van der Waals surface area (Å²) in [6.45, 7) is 2.34. The predicted octanol–water partition coefficient (Wildman–Crippen LogP) is 3.58. The number of carbonyl (C=O) groups excluding carboxylic acids is 1. The van der Waals surface area contributed by atoms with Crippen LogP contribution >= 0.6 is 0 Å². The molecule has 0 aliphatic rings. The standard InChI is InChI=1S/C17H18FNO4/c1-3-9-23-14-8-7-11(10-13(14)18)19-17(21)12-5-4-6-15(22-2)16(12)20/h4-8,10,20H,3,9H2,1-2H3,(H,19,21). The molecule has 122 valence electrons. The van der Waals surface area contributed by atoms with Crippen LogP contribution in [0.1, 0.15) is 23.7 Å². The van der Waals surface area contributed by atoms with Crippen molar-refractivity contribution in [3.05, 3.63) is 47.8 Å². The summed E-state index contributed by atoms with van der Waals surface area (Å²) < 4.78 is 24.1. The molecule has 0 unspecified atom stereocenters. The van der Waals surface area contributed by atoms with Gasteiger partial charge in [0.15, 0.2) is 23.1 Å². The molecule has 1 amide bonds. The molecule has 0 aliphatic carbocycles. The van der Waals surface area contributed by atoms with Crippen LogP contribution in [0.15, 0.2) is 36.4 Å². The lowest BCUT2D eigenvalue weighted by molar-refractivity contribution is 0.102. The molecule has 0 spiro atoms. The third-order valence-corrected chi connectivity index (χ3v) is 3.11. The molecule has 2 aromatic rings. The molecule has 0 aliphatic heterocycles. The molecule has 0 bridgehead atoms. The first-order valence-corrected chi connectivity index (χ1v) is 7.16. The monoisotopic (exact) mass is 319 g/mol. The summed E-state index contributed by atoms with van der Waals surface area (Å²) in [5.41, 5.74) is 0.301. The minimum absolute atomic E-state index is 0.0380. The Morgan fingerprint density at radius 3 is 2.70 bits per heavy atom. The van der Waals surface area contributed by atoms with E-state index in [0.717, 1.165) is 6.42 Å². The molecule has 0 aromatic heterocycles. The Kier molecular flexibility index (Phi) is 5.41. The zero-order valence-corrected chi connectivity index (χ0v) is 12.9. The lowest BCUT2D eigenvalue weighted by Crippen LogP contribution is -2.12. The number of methoxy groups -OCH3 is 1. The smallest absolute Gasteiger partial charge is 0.259 e. The van der Waals surface area contributed by atoms with Gasteiger partial charge in [-0.3, -0.25) is 4.79 Å². The Morgan fingerprint density at radius 2 is 2.04 bits per heavy atom. The Bertz CT molecular complexity index is 703. The van der Waals surface area contributed by atoms with E-state index in [1.165, 1.54) is 37.4 Å². The van der Waals surface area contributed by atoms with Crippen molar-refractivity contribution < 1.29 is 23.8 Å². The maximum Gasteiger partial charge on any atom is 0.259 e. The van der Waals surface area contributed by atoms with E-state index < -0.39 is 11.7 Å². The highest BCUT2D eigenvalue weighted by Crippen LogP contribution is 2.30. The number of phenols is 1. The summed E-state index contributed by atoms with van der Waals surface area (Å²) in [6, 6.07) is 8.71. The normalized spacial score (nSPS) is 10.2. The largest absolute Gasteiger partial charge is 0.504 e. The fourth-order valence-corrected chi connectivity index (χ4v) is 1.98. The van der Waals surface area contributed by atoms with Crippen molar-refractivity contribution in [2.45, 2.75) is 13.3 Å². The number of halogens is 1. The average Bonchev–Trinajstić information content (AvgIpc) is 2.54. The fraction of sp³-hybridized carbons (Fsp3) is 0.235. The molecule has 2 aromatic carbocycles. The van der Waals surface area contributed by atoms with Crippen molar-refractivity contribution >= 4 is 11.6 Å². The molecule has 0 heterocycles. The Morgan fingerprint density at radius 1 is 1.26 bits per heavy atom. The number of amides is 1. The average molecular weight is 319 g/mol. The highest BCUT2D eigenvalue weighted by Gasteiger charge is 2.15. The van der Waals surface area contributed by atoms with Gasteiger partial charge < -0.3 is 19.9 Å². The molecule has 0 radical (unpaired) electrons. The molecular weight excluding hydrogens is 301 g/mol. The van der Waals surface area contributed by atoms with Crippen LogP contribution in [0.25, 0.3) is 0 Å². The van der Waals surface area contributed by atoms with Crippen LogP contribution in [0.3, 0.4) is 0 Å². The van der Waals surface area contributed by atoms with Crippen LogP contribution in [0.2, 0.25) is 0 Å². The Hall–Kier alpha value is -2.76. The number of carbonyl (C=O) groups is 1. The summed E-state index contributed by atoms with van der Waals surface area (Å²) in [5, 5.41) is 12.5. The maximum atomic E-state index is 13.9.